The summed E-state index contributed by atoms with van der Waals surface area (Å²) in [6, 6.07) is 4.34. The number of fused-ring (bicyclic) bond motifs is 1. The molecule has 1 heterocycles. The van der Waals surface area contributed by atoms with Gasteiger partial charge in [-0.2, -0.15) is 0 Å². The Balaban J connectivity index is 2.67. The van der Waals surface area contributed by atoms with Crippen molar-refractivity contribution in [2.75, 3.05) is 11.9 Å². The van der Waals surface area contributed by atoms with Crippen LogP contribution in [0.15, 0.2) is 18.2 Å². The van der Waals surface area contributed by atoms with Crippen LogP contribution >= 0.6 is 0 Å². The van der Waals surface area contributed by atoms with Crippen molar-refractivity contribution in [2.45, 2.75) is 26.7 Å². The van der Waals surface area contributed by atoms with Gasteiger partial charge in [0.2, 0.25) is 0 Å². The number of hydrogen-bond acceptors (Lipinski definition) is 2. The average molecular weight is 268 g/mol. The van der Waals surface area contributed by atoms with Crippen LogP contribution in [0.5, 0.6) is 0 Å². The zero-order valence-corrected chi connectivity index (χ0v) is 10.8. The summed E-state index contributed by atoms with van der Waals surface area (Å²) >= 11 is 0. The van der Waals surface area contributed by atoms with Crippen molar-refractivity contribution in [3.8, 4) is 0 Å². The van der Waals surface area contributed by atoms with Gasteiger partial charge in [0.15, 0.2) is 0 Å². The first-order valence-electron chi connectivity index (χ1n) is 6.15. The van der Waals surface area contributed by atoms with Crippen LogP contribution in [0.1, 0.15) is 31.0 Å². The van der Waals surface area contributed by atoms with E-state index in [4.69, 9.17) is 0 Å². The summed E-state index contributed by atoms with van der Waals surface area (Å²) in [7, 11) is 0. The minimum absolute atomic E-state index is 0.0120. The highest BCUT2D eigenvalue weighted by Gasteiger charge is 2.15. The van der Waals surface area contributed by atoms with Gasteiger partial charge in [0.05, 0.1) is 0 Å². The minimum atomic E-state index is -2.72. The van der Waals surface area contributed by atoms with Crippen molar-refractivity contribution in [3.05, 3.63) is 35.3 Å². The highest BCUT2D eigenvalue weighted by Crippen LogP contribution is 2.30. The topological polar surface area (TPSA) is 24.9 Å². The molecule has 0 saturated heterocycles. The van der Waals surface area contributed by atoms with Crippen molar-refractivity contribution < 1.29 is 13.2 Å². The maximum absolute atomic E-state index is 13.9. The molecule has 102 valence electrons. The average Bonchev–Trinajstić information content (AvgIpc) is 2.35. The molecule has 2 aromatic rings. The Hall–Kier alpha value is -1.78. The quantitative estimate of drug-likeness (QED) is 0.886. The van der Waals surface area contributed by atoms with E-state index in [1.165, 1.54) is 12.1 Å². The summed E-state index contributed by atoms with van der Waals surface area (Å²) in [5.41, 5.74) is 0.816. The number of pyridine rings is 1. The molecule has 0 radical (unpaired) electrons. The molecule has 1 N–H and O–H groups in total. The first-order valence-corrected chi connectivity index (χ1v) is 6.15. The van der Waals surface area contributed by atoms with Crippen LogP contribution in [0.2, 0.25) is 0 Å². The number of hydrogen-bond donors (Lipinski definition) is 1. The van der Waals surface area contributed by atoms with E-state index < -0.39 is 17.9 Å². The number of benzene rings is 1. The molecule has 0 aliphatic heterocycles. The number of aryl methyl sites for hydroxylation is 1. The Bertz CT molecular complexity index is 597. The SMILES string of the molecule is CCCNc1cc(C(F)F)nc2c(F)cc(C)cc12. The fourth-order valence-electron chi connectivity index (χ4n) is 1.96. The van der Waals surface area contributed by atoms with E-state index in [-0.39, 0.29) is 5.52 Å². The van der Waals surface area contributed by atoms with Gasteiger partial charge >= 0.3 is 0 Å². The first kappa shape index (κ1) is 13.6. The first-order chi connectivity index (χ1) is 9.02. The Morgan fingerprint density at radius 1 is 1.26 bits per heavy atom. The molecular formula is C14H15F3N2. The Labute approximate surface area is 109 Å². The molecule has 0 unspecified atom stereocenters. The van der Waals surface area contributed by atoms with Gasteiger partial charge in [0, 0.05) is 17.6 Å². The molecule has 5 heteroatoms. The molecule has 0 atom stereocenters. The minimum Gasteiger partial charge on any atom is -0.384 e. The van der Waals surface area contributed by atoms with Crippen molar-refractivity contribution in [1.29, 1.82) is 0 Å². The van der Waals surface area contributed by atoms with Gasteiger partial charge in [-0.15, -0.1) is 0 Å². The number of anilines is 1. The van der Waals surface area contributed by atoms with Gasteiger partial charge in [-0.25, -0.2) is 18.2 Å². The molecule has 1 aromatic carbocycles. The molecule has 0 amide bonds. The smallest absolute Gasteiger partial charge is 0.280 e. The Morgan fingerprint density at radius 2 is 2.00 bits per heavy atom. The van der Waals surface area contributed by atoms with Crippen LogP contribution in [0.25, 0.3) is 10.9 Å². The van der Waals surface area contributed by atoms with Gasteiger partial charge in [-0.05, 0) is 37.1 Å². The molecular weight excluding hydrogens is 253 g/mol. The van der Waals surface area contributed by atoms with Crippen molar-refractivity contribution in [1.82, 2.24) is 4.98 Å². The number of halogens is 3. The standard InChI is InChI=1S/C14H15F3N2/c1-3-4-18-11-7-12(14(16)17)19-13-9(11)5-8(2)6-10(13)15/h5-7,14H,3-4H2,1-2H3,(H,18,19). The Kier molecular flexibility index (Phi) is 3.93. The highest BCUT2D eigenvalue weighted by molar-refractivity contribution is 5.92. The normalized spacial score (nSPS) is 11.3. The van der Waals surface area contributed by atoms with E-state index in [2.05, 4.69) is 10.3 Å². The van der Waals surface area contributed by atoms with Crippen LogP contribution < -0.4 is 5.32 Å². The zero-order valence-electron chi connectivity index (χ0n) is 10.8. The lowest BCUT2D eigenvalue weighted by Gasteiger charge is -2.12. The number of rotatable bonds is 4. The van der Waals surface area contributed by atoms with Gasteiger partial charge in [0.1, 0.15) is 17.0 Å². The summed E-state index contributed by atoms with van der Waals surface area (Å²) in [4.78, 5) is 3.72. The van der Waals surface area contributed by atoms with E-state index >= 15 is 0 Å². The maximum atomic E-state index is 13.9. The molecule has 0 fully saturated rings. The lowest BCUT2D eigenvalue weighted by Crippen LogP contribution is -2.04. The molecule has 19 heavy (non-hydrogen) atoms. The third-order valence-corrected chi connectivity index (χ3v) is 2.82. The van der Waals surface area contributed by atoms with Crippen LogP contribution in [0.3, 0.4) is 0 Å². The fourth-order valence-corrected chi connectivity index (χ4v) is 1.96. The monoisotopic (exact) mass is 268 g/mol. The predicted octanol–water partition coefficient (Wildman–Crippen LogP) is 4.44. The van der Waals surface area contributed by atoms with Crippen molar-refractivity contribution in [3.63, 3.8) is 0 Å². The number of nitrogens with zero attached hydrogens (tertiary/aromatic N) is 1. The predicted molar refractivity (Wildman–Crippen MR) is 70.2 cm³/mol. The molecule has 0 saturated carbocycles. The molecule has 0 spiro atoms. The second-order valence-electron chi connectivity index (χ2n) is 4.47. The van der Waals surface area contributed by atoms with Crippen LogP contribution in [0.4, 0.5) is 18.9 Å². The zero-order chi connectivity index (χ0) is 14.0. The molecule has 0 aliphatic rings. The van der Waals surface area contributed by atoms with E-state index in [0.717, 1.165) is 12.0 Å². The highest BCUT2D eigenvalue weighted by atomic mass is 19.3. The van der Waals surface area contributed by atoms with Gasteiger partial charge < -0.3 is 5.32 Å². The van der Waals surface area contributed by atoms with E-state index in [1.54, 1.807) is 13.0 Å². The third kappa shape index (κ3) is 2.80. The maximum Gasteiger partial charge on any atom is 0.280 e. The molecule has 0 bridgehead atoms. The van der Waals surface area contributed by atoms with Crippen LogP contribution in [0, 0.1) is 12.7 Å². The summed E-state index contributed by atoms with van der Waals surface area (Å²) in [5, 5.41) is 3.58. The molecule has 2 rings (SSSR count). The third-order valence-electron chi connectivity index (χ3n) is 2.82. The lowest BCUT2D eigenvalue weighted by molar-refractivity contribution is 0.146. The van der Waals surface area contributed by atoms with E-state index in [0.29, 0.717) is 17.6 Å². The molecule has 2 nitrogen and oxygen atoms in total. The number of alkyl halides is 2. The summed E-state index contributed by atoms with van der Waals surface area (Å²) in [6.07, 6.45) is -1.87. The second kappa shape index (κ2) is 5.47. The van der Waals surface area contributed by atoms with Gasteiger partial charge in [-0.3, -0.25) is 0 Å². The van der Waals surface area contributed by atoms with E-state index in [9.17, 15) is 13.2 Å². The lowest BCUT2D eigenvalue weighted by atomic mass is 10.1. The van der Waals surface area contributed by atoms with Gasteiger partial charge in [-0.1, -0.05) is 6.92 Å². The summed E-state index contributed by atoms with van der Waals surface area (Å²) in [6.45, 7) is 4.36. The largest absolute Gasteiger partial charge is 0.384 e. The Morgan fingerprint density at radius 3 is 2.63 bits per heavy atom. The summed E-state index contributed by atoms with van der Waals surface area (Å²) in [5.74, 6) is -0.572. The molecule has 1 aromatic heterocycles. The number of aromatic nitrogens is 1. The van der Waals surface area contributed by atoms with Crippen molar-refractivity contribution in [2.24, 2.45) is 0 Å². The fraction of sp³-hybridized carbons (Fsp3) is 0.357. The molecule has 0 aliphatic carbocycles. The van der Waals surface area contributed by atoms with E-state index in [1.807, 2.05) is 6.92 Å². The number of nitrogens with one attached hydrogen (secondary N) is 1. The van der Waals surface area contributed by atoms with Crippen LogP contribution in [-0.4, -0.2) is 11.5 Å². The second-order valence-corrected chi connectivity index (χ2v) is 4.47. The summed E-state index contributed by atoms with van der Waals surface area (Å²) < 4.78 is 39.4. The van der Waals surface area contributed by atoms with Gasteiger partial charge in [0.25, 0.3) is 6.43 Å². The van der Waals surface area contributed by atoms with Crippen molar-refractivity contribution >= 4 is 16.6 Å². The van der Waals surface area contributed by atoms with Crippen LogP contribution in [-0.2, 0) is 0 Å².